The third-order valence-electron chi connectivity index (χ3n) is 2.45. The van der Waals surface area contributed by atoms with Gasteiger partial charge in [-0.2, -0.15) is 4.98 Å². The highest BCUT2D eigenvalue weighted by molar-refractivity contribution is 5.89. The van der Waals surface area contributed by atoms with Crippen LogP contribution in [0.5, 0.6) is 0 Å². The van der Waals surface area contributed by atoms with Gasteiger partial charge in [-0.3, -0.25) is 0 Å². The summed E-state index contributed by atoms with van der Waals surface area (Å²) in [6.07, 6.45) is 0.403. The van der Waals surface area contributed by atoms with Crippen LogP contribution in [0.3, 0.4) is 0 Å². The number of carbonyl (C=O) groups is 1. The minimum atomic E-state index is -0.356. The molecule has 1 heterocycles. The van der Waals surface area contributed by atoms with E-state index in [1.165, 1.54) is 0 Å². The van der Waals surface area contributed by atoms with Crippen LogP contribution < -0.4 is 0 Å². The van der Waals surface area contributed by atoms with E-state index in [0.29, 0.717) is 24.5 Å². The molecule has 100 valence electrons. The molecule has 0 aliphatic carbocycles. The predicted octanol–water partition coefficient (Wildman–Crippen LogP) is 1.33. The Hall–Kier alpha value is -2.21. The Morgan fingerprint density at radius 3 is 3.00 bits per heavy atom. The minimum absolute atomic E-state index is 0.247. The average Bonchev–Trinajstić information content (AvgIpc) is 2.87. The second kappa shape index (κ2) is 6.10. The van der Waals surface area contributed by atoms with E-state index in [4.69, 9.17) is 14.4 Å². The Morgan fingerprint density at radius 2 is 2.32 bits per heavy atom. The van der Waals surface area contributed by atoms with Gasteiger partial charge in [-0.15, -0.1) is 0 Å². The molecule has 1 N–H and O–H groups in total. The SMILES string of the molecule is CCOC(=O)c1cccc(Cc2nc(CO)no2)c1. The highest BCUT2D eigenvalue weighted by Gasteiger charge is 2.10. The van der Waals surface area contributed by atoms with Crippen LogP contribution in [0.1, 0.15) is 34.6 Å². The predicted molar refractivity (Wildman–Crippen MR) is 65.4 cm³/mol. The first-order chi connectivity index (χ1) is 9.22. The molecule has 0 saturated heterocycles. The Kier molecular flexibility index (Phi) is 4.25. The highest BCUT2D eigenvalue weighted by Crippen LogP contribution is 2.11. The molecule has 2 aromatic rings. The molecular formula is C13H14N2O4. The Morgan fingerprint density at radius 1 is 1.47 bits per heavy atom. The summed E-state index contributed by atoms with van der Waals surface area (Å²) >= 11 is 0. The molecule has 0 unspecified atom stereocenters. The lowest BCUT2D eigenvalue weighted by molar-refractivity contribution is 0.0526. The summed E-state index contributed by atoms with van der Waals surface area (Å²) in [5.74, 6) is 0.285. The summed E-state index contributed by atoms with van der Waals surface area (Å²) in [6, 6.07) is 7.03. The van der Waals surface area contributed by atoms with Crippen molar-refractivity contribution < 1.29 is 19.2 Å². The molecule has 0 radical (unpaired) electrons. The molecule has 2 rings (SSSR count). The number of hydrogen-bond acceptors (Lipinski definition) is 6. The lowest BCUT2D eigenvalue weighted by Gasteiger charge is -2.03. The molecule has 1 aromatic heterocycles. The van der Waals surface area contributed by atoms with Crippen LogP contribution in [-0.4, -0.2) is 27.8 Å². The Balaban J connectivity index is 2.12. The maximum absolute atomic E-state index is 11.6. The number of esters is 1. The molecule has 0 aliphatic heterocycles. The van der Waals surface area contributed by atoms with Crippen LogP contribution >= 0.6 is 0 Å². The summed E-state index contributed by atoms with van der Waals surface area (Å²) in [6.45, 7) is 1.84. The lowest BCUT2D eigenvalue weighted by atomic mass is 10.1. The number of hydrogen-bond donors (Lipinski definition) is 1. The fraction of sp³-hybridized carbons (Fsp3) is 0.308. The zero-order valence-electron chi connectivity index (χ0n) is 10.5. The van der Waals surface area contributed by atoms with Crippen molar-refractivity contribution in [1.82, 2.24) is 10.1 Å². The molecule has 6 nitrogen and oxygen atoms in total. The fourth-order valence-corrected chi connectivity index (χ4v) is 1.62. The molecule has 0 fully saturated rings. The maximum atomic E-state index is 11.6. The van der Waals surface area contributed by atoms with Gasteiger partial charge in [0.1, 0.15) is 6.61 Å². The summed E-state index contributed by atoms with van der Waals surface area (Å²) in [4.78, 5) is 15.6. The van der Waals surface area contributed by atoms with Gasteiger partial charge < -0.3 is 14.4 Å². The lowest BCUT2D eigenvalue weighted by Crippen LogP contribution is -2.05. The van der Waals surface area contributed by atoms with E-state index in [1.807, 2.05) is 6.07 Å². The van der Waals surface area contributed by atoms with Crippen LogP contribution in [-0.2, 0) is 17.8 Å². The van der Waals surface area contributed by atoms with Crippen molar-refractivity contribution >= 4 is 5.97 Å². The van der Waals surface area contributed by atoms with E-state index in [9.17, 15) is 4.79 Å². The van der Waals surface area contributed by atoms with E-state index < -0.39 is 0 Å². The monoisotopic (exact) mass is 262 g/mol. The summed E-state index contributed by atoms with van der Waals surface area (Å²) < 4.78 is 9.90. The van der Waals surface area contributed by atoms with Gasteiger partial charge in [0.05, 0.1) is 18.6 Å². The Bertz CT molecular complexity index is 565. The molecule has 19 heavy (non-hydrogen) atoms. The maximum Gasteiger partial charge on any atom is 0.338 e. The summed E-state index contributed by atoms with van der Waals surface area (Å²) in [5.41, 5.74) is 1.35. The molecule has 0 saturated carbocycles. The van der Waals surface area contributed by atoms with Crippen molar-refractivity contribution in [2.75, 3.05) is 6.61 Å². The van der Waals surface area contributed by atoms with E-state index in [1.54, 1.807) is 25.1 Å². The number of carbonyl (C=O) groups excluding carboxylic acids is 1. The van der Waals surface area contributed by atoms with Crippen molar-refractivity contribution in [2.24, 2.45) is 0 Å². The van der Waals surface area contributed by atoms with Crippen molar-refractivity contribution in [2.45, 2.75) is 20.0 Å². The normalized spacial score (nSPS) is 10.4. The molecule has 6 heteroatoms. The first kappa shape index (κ1) is 13.2. The van der Waals surface area contributed by atoms with E-state index in [2.05, 4.69) is 10.1 Å². The molecule has 0 aliphatic rings. The van der Waals surface area contributed by atoms with Crippen molar-refractivity contribution in [1.29, 1.82) is 0 Å². The first-order valence-corrected chi connectivity index (χ1v) is 5.91. The second-order valence-electron chi connectivity index (χ2n) is 3.86. The van der Waals surface area contributed by atoms with E-state index in [-0.39, 0.29) is 18.4 Å². The number of aromatic nitrogens is 2. The average molecular weight is 262 g/mol. The summed E-state index contributed by atoms with van der Waals surface area (Å²) in [5, 5.41) is 12.4. The smallest absolute Gasteiger partial charge is 0.338 e. The van der Waals surface area contributed by atoms with Crippen molar-refractivity contribution in [3.8, 4) is 0 Å². The van der Waals surface area contributed by atoms with E-state index >= 15 is 0 Å². The molecule has 0 spiro atoms. The number of rotatable bonds is 5. The van der Waals surface area contributed by atoms with Crippen LogP contribution in [0.15, 0.2) is 28.8 Å². The number of aliphatic hydroxyl groups excluding tert-OH is 1. The van der Waals surface area contributed by atoms with Crippen LogP contribution in [0, 0.1) is 0 Å². The summed E-state index contributed by atoms with van der Waals surface area (Å²) in [7, 11) is 0. The van der Waals surface area contributed by atoms with Gasteiger partial charge >= 0.3 is 5.97 Å². The van der Waals surface area contributed by atoms with E-state index in [0.717, 1.165) is 5.56 Å². The van der Waals surface area contributed by atoms with Crippen LogP contribution in [0.4, 0.5) is 0 Å². The van der Waals surface area contributed by atoms with Crippen LogP contribution in [0.25, 0.3) is 0 Å². The molecule has 1 aromatic carbocycles. The number of nitrogens with zero attached hydrogens (tertiary/aromatic N) is 2. The van der Waals surface area contributed by atoms with Gasteiger partial charge in [0.2, 0.25) is 5.89 Å². The highest BCUT2D eigenvalue weighted by atomic mass is 16.5. The molecule has 0 amide bonds. The van der Waals surface area contributed by atoms with Gasteiger partial charge in [0.15, 0.2) is 5.82 Å². The standard InChI is InChI=1S/C13H14N2O4/c1-2-18-13(17)10-5-3-4-9(6-10)7-12-14-11(8-16)15-19-12/h3-6,16H,2,7-8H2,1H3. The fourth-order valence-electron chi connectivity index (χ4n) is 1.62. The number of aliphatic hydroxyl groups is 1. The van der Waals surface area contributed by atoms with Gasteiger partial charge in [-0.1, -0.05) is 17.3 Å². The van der Waals surface area contributed by atoms with Gasteiger partial charge in [0.25, 0.3) is 0 Å². The zero-order valence-corrected chi connectivity index (χ0v) is 10.5. The number of benzene rings is 1. The molecule has 0 bridgehead atoms. The third-order valence-corrected chi connectivity index (χ3v) is 2.45. The molecular weight excluding hydrogens is 248 g/mol. The second-order valence-corrected chi connectivity index (χ2v) is 3.86. The quantitative estimate of drug-likeness (QED) is 0.818. The largest absolute Gasteiger partial charge is 0.462 e. The topological polar surface area (TPSA) is 85.5 Å². The van der Waals surface area contributed by atoms with Gasteiger partial charge in [0, 0.05) is 0 Å². The number of ether oxygens (including phenoxy) is 1. The molecule has 0 atom stereocenters. The first-order valence-electron chi connectivity index (χ1n) is 5.91. The van der Waals surface area contributed by atoms with Gasteiger partial charge in [-0.25, -0.2) is 4.79 Å². The minimum Gasteiger partial charge on any atom is -0.462 e. The van der Waals surface area contributed by atoms with Crippen molar-refractivity contribution in [3.63, 3.8) is 0 Å². The van der Waals surface area contributed by atoms with Gasteiger partial charge in [-0.05, 0) is 24.6 Å². The third kappa shape index (κ3) is 3.38. The van der Waals surface area contributed by atoms with Crippen molar-refractivity contribution in [3.05, 3.63) is 47.1 Å². The Labute approximate surface area is 110 Å². The van der Waals surface area contributed by atoms with Crippen LogP contribution in [0.2, 0.25) is 0 Å². The zero-order chi connectivity index (χ0) is 13.7.